The van der Waals surface area contributed by atoms with Crippen molar-refractivity contribution >= 4 is 11.7 Å². The zero-order valence-electron chi connectivity index (χ0n) is 16.2. The van der Waals surface area contributed by atoms with E-state index in [0.29, 0.717) is 17.3 Å². The van der Waals surface area contributed by atoms with Crippen LogP contribution in [0.3, 0.4) is 0 Å². The molecule has 3 aromatic heterocycles. The number of carbonyl (C=O) groups excluding carboxylic acids is 1. The number of carbonyl (C=O) groups is 1. The number of pyridine rings is 1. The Morgan fingerprint density at radius 2 is 1.72 bits per heavy atom. The molecule has 0 aliphatic carbocycles. The molecule has 32 heavy (non-hydrogen) atoms. The predicted molar refractivity (Wildman–Crippen MR) is 109 cm³/mol. The van der Waals surface area contributed by atoms with Gasteiger partial charge in [-0.05, 0) is 12.1 Å². The number of anilines is 1. The van der Waals surface area contributed by atoms with Crippen LogP contribution in [0.2, 0.25) is 0 Å². The van der Waals surface area contributed by atoms with Gasteiger partial charge in [0.25, 0.3) is 5.91 Å². The number of aromatic nitrogens is 5. The van der Waals surface area contributed by atoms with Crippen molar-refractivity contribution in [1.82, 2.24) is 30.3 Å². The largest absolute Gasteiger partial charge is 0.433 e. The van der Waals surface area contributed by atoms with Gasteiger partial charge in [-0.25, -0.2) is 19.9 Å². The van der Waals surface area contributed by atoms with Crippen LogP contribution in [0, 0.1) is 0 Å². The summed E-state index contributed by atoms with van der Waals surface area (Å²) in [7, 11) is 0. The van der Waals surface area contributed by atoms with Crippen LogP contribution in [0.25, 0.3) is 22.8 Å². The number of amides is 1. The third kappa shape index (κ3) is 4.67. The fraction of sp³-hybridized carbons (Fsp3) is 0.0476. The number of alkyl halides is 3. The molecule has 2 N–H and O–H groups in total. The van der Waals surface area contributed by atoms with Crippen LogP contribution in [-0.2, 0) is 6.18 Å². The lowest BCUT2D eigenvalue weighted by Crippen LogP contribution is -2.31. The molecule has 1 aromatic carbocycles. The molecule has 11 heteroatoms. The summed E-state index contributed by atoms with van der Waals surface area (Å²) in [6, 6.07) is 14.3. The Bertz CT molecular complexity index is 1240. The Balaban J connectivity index is 1.61. The third-order valence-electron chi connectivity index (χ3n) is 4.22. The Labute approximate surface area is 179 Å². The molecule has 0 aliphatic rings. The first kappa shape index (κ1) is 20.8. The van der Waals surface area contributed by atoms with Gasteiger partial charge in [0.05, 0.1) is 11.3 Å². The molecule has 4 rings (SSSR count). The standard InChI is InChI=1S/C21H14F3N7O/c22-21(23,24)16-10-17(29-19(28-16)15-8-4-5-9-26-15)30-31-20(32)14-11-25-12-27-18(14)13-6-2-1-3-7-13/h1-12H,(H,31,32)(H,28,29,30). The quantitative estimate of drug-likeness (QED) is 0.458. The van der Waals surface area contributed by atoms with Crippen LogP contribution in [0.1, 0.15) is 16.1 Å². The topological polar surface area (TPSA) is 106 Å². The van der Waals surface area contributed by atoms with Gasteiger partial charge < -0.3 is 0 Å². The predicted octanol–water partition coefficient (Wildman–Crippen LogP) is 3.77. The maximum absolute atomic E-state index is 13.3. The van der Waals surface area contributed by atoms with Crippen LogP contribution in [0.5, 0.6) is 0 Å². The smallest absolute Gasteiger partial charge is 0.281 e. The van der Waals surface area contributed by atoms with Crippen molar-refractivity contribution in [2.45, 2.75) is 6.18 Å². The number of hydrogen-bond donors (Lipinski definition) is 2. The van der Waals surface area contributed by atoms with Gasteiger partial charge in [-0.2, -0.15) is 13.2 Å². The summed E-state index contributed by atoms with van der Waals surface area (Å²) in [5, 5.41) is 0. The second-order valence-corrected chi connectivity index (χ2v) is 6.40. The summed E-state index contributed by atoms with van der Waals surface area (Å²) >= 11 is 0. The molecule has 0 radical (unpaired) electrons. The molecular formula is C21H14F3N7O. The number of halogens is 3. The van der Waals surface area contributed by atoms with Gasteiger partial charge in [-0.1, -0.05) is 36.4 Å². The van der Waals surface area contributed by atoms with Crippen molar-refractivity contribution in [2.75, 3.05) is 5.43 Å². The van der Waals surface area contributed by atoms with E-state index in [2.05, 4.69) is 35.8 Å². The number of hydrazine groups is 1. The fourth-order valence-electron chi connectivity index (χ4n) is 2.78. The van der Waals surface area contributed by atoms with Gasteiger partial charge in [0.2, 0.25) is 0 Å². The van der Waals surface area contributed by atoms with E-state index in [1.54, 1.807) is 36.4 Å². The van der Waals surface area contributed by atoms with Crippen LogP contribution in [0.4, 0.5) is 19.0 Å². The van der Waals surface area contributed by atoms with Crippen molar-refractivity contribution in [3.63, 3.8) is 0 Å². The van der Waals surface area contributed by atoms with E-state index in [1.807, 2.05) is 6.07 Å². The minimum absolute atomic E-state index is 0.126. The normalized spacial score (nSPS) is 11.1. The summed E-state index contributed by atoms with van der Waals surface area (Å²) < 4.78 is 40.0. The monoisotopic (exact) mass is 437 g/mol. The molecule has 160 valence electrons. The maximum Gasteiger partial charge on any atom is 0.433 e. The van der Waals surface area contributed by atoms with Crippen molar-refractivity contribution < 1.29 is 18.0 Å². The van der Waals surface area contributed by atoms with E-state index >= 15 is 0 Å². The highest BCUT2D eigenvalue weighted by molar-refractivity contribution is 6.00. The lowest BCUT2D eigenvalue weighted by Gasteiger charge is -2.13. The van der Waals surface area contributed by atoms with Gasteiger partial charge >= 0.3 is 6.18 Å². The maximum atomic E-state index is 13.3. The zero-order valence-corrected chi connectivity index (χ0v) is 16.2. The van der Waals surface area contributed by atoms with Crippen LogP contribution < -0.4 is 10.9 Å². The molecule has 0 unspecified atom stereocenters. The summed E-state index contributed by atoms with van der Waals surface area (Å²) in [5.74, 6) is -1.17. The van der Waals surface area contributed by atoms with E-state index in [4.69, 9.17) is 0 Å². The second kappa shape index (κ2) is 8.76. The Morgan fingerprint density at radius 1 is 0.938 bits per heavy atom. The Morgan fingerprint density at radius 3 is 2.44 bits per heavy atom. The third-order valence-corrected chi connectivity index (χ3v) is 4.22. The van der Waals surface area contributed by atoms with Crippen molar-refractivity contribution in [3.05, 3.63) is 84.6 Å². The second-order valence-electron chi connectivity index (χ2n) is 6.40. The zero-order chi connectivity index (χ0) is 22.6. The Kier molecular flexibility index (Phi) is 5.71. The lowest BCUT2D eigenvalue weighted by atomic mass is 10.1. The van der Waals surface area contributed by atoms with Gasteiger partial charge in [-0.3, -0.25) is 20.6 Å². The summed E-state index contributed by atoms with van der Waals surface area (Å²) in [5.41, 5.74) is 4.89. The van der Waals surface area contributed by atoms with Crippen molar-refractivity contribution in [2.24, 2.45) is 0 Å². The molecule has 0 bridgehead atoms. The minimum Gasteiger partial charge on any atom is -0.281 e. The van der Waals surface area contributed by atoms with Gasteiger partial charge in [-0.15, -0.1) is 0 Å². The number of rotatable bonds is 5. The van der Waals surface area contributed by atoms with E-state index in [-0.39, 0.29) is 22.9 Å². The highest BCUT2D eigenvalue weighted by Crippen LogP contribution is 2.30. The first-order valence-electron chi connectivity index (χ1n) is 9.21. The van der Waals surface area contributed by atoms with Crippen LogP contribution in [-0.4, -0.2) is 30.8 Å². The van der Waals surface area contributed by atoms with E-state index in [1.165, 1.54) is 24.8 Å². The molecule has 4 aromatic rings. The van der Waals surface area contributed by atoms with E-state index in [9.17, 15) is 18.0 Å². The highest BCUT2D eigenvalue weighted by Gasteiger charge is 2.34. The molecule has 1 amide bonds. The molecule has 0 saturated carbocycles. The molecule has 0 fully saturated rings. The van der Waals surface area contributed by atoms with Crippen molar-refractivity contribution in [3.8, 4) is 22.8 Å². The average Bonchev–Trinajstić information content (AvgIpc) is 2.83. The molecule has 0 saturated heterocycles. The summed E-state index contributed by atoms with van der Waals surface area (Å²) in [6.07, 6.45) is -0.701. The number of benzene rings is 1. The van der Waals surface area contributed by atoms with Gasteiger partial charge in [0.15, 0.2) is 11.5 Å². The van der Waals surface area contributed by atoms with Gasteiger partial charge in [0.1, 0.15) is 17.8 Å². The molecule has 8 nitrogen and oxygen atoms in total. The van der Waals surface area contributed by atoms with Crippen LogP contribution in [0.15, 0.2) is 73.3 Å². The lowest BCUT2D eigenvalue weighted by molar-refractivity contribution is -0.141. The molecule has 0 aliphatic heterocycles. The highest BCUT2D eigenvalue weighted by atomic mass is 19.4. The Hall–Kier alpha value is -4.41. The first-order chi connectivity index (χ1) is 15.4. The number of hydrogen-bond acceptors (Lipinski definition) is 7. The van der Waals surface area contributed by atoms with Crippen LogP contribution >= 0.6 is 0 Å². The number of nitrogens with one attached hydrogen (secondary N) is 2. The summed E-state index contributed by atoms with van der Waals surface area (Å²) in [6.45, 7) is 0. The molecule has 3 heterocycles. The minimum atomic E-state index is -4.72. The fourth-order valence-corrected chi connectivity index (χ4v) is 2.78. The molecule has 0 atom stereocenters. The van der Waals surface area contributed by atoms with E-state index in [0.717, 1.165) is 0 Å². The van der Waals surface area contributed by atoms with E-state index < -0.39 is 17.8 Å². The van der Waals surface area contributed by atoms with Gasteiger partial charge in [0, 0.05) is 24.0 Å². The first-order valence-corrected chi connectivity index (χ1v) is 9.21. The molecular weight excluding hydrogens is 423 g/mol. The molecule has 0 spiro atoms. The number of nitrogens with zero attached hydrogens (tertiary/aromatic N) is 5. The average molecular weight is 437 g/mol. The SMILES string of the molecule is O=C(NNc1cc(C(F)(F)F)nc(-c2ccccn2)n1)c1cncnc1-c1ccccc1. The van der Waals surface area contributed by atoms with Crippen molar-refractivity contribution in [1.29, 1.82) is 0 Å². The summed E-state index contributed by atoms with van der Waals surface area (Å²) in [4.78, 5) is 32.3.